The van der Waals surface area contributed by atoms with E-state index in [4.69, 9.17) is 10.00 Å². The highest BCUT2D eigenvalue weighted by Crippen LogP contribution is 2.53. The summed E-state index contributed by atoms with van der Waals surface area (Å²) in [4.78, 5) is 12.2. The van der Waals surface area contributed by atoms with E-state index in [1.807, 2.05) is 6.07 Å². The number of carbonyl (C=O) groups excluding carboxylic acids is 1. The Hall–Kier alpha value is -2.21. The maximum absolute atomic E-state index is 12.8. The molecule has 1 heterocycles. The van der Waals surface area contributed by atoms with Gasteiger partial charge in [0.15, 0.2) is 0 Å². The van der Waals surface area contributed by atoms with Crippen molar-refractivity contribution in [3.8, 4) is 6.07 Å². The lowest BCUT2D eigenvalue weighted by Gasteiger charge is -2.40. The van der Waals surface area contributed by atoms with E-state index >= 15 is 0 Å². The lowest BCUT2D eigenvalue weighted by atomic mass is 9.71. The van der Waals surface area contributed by atoms with Crippen molar-refractivity contribution in [1.29, 1.82) is 5.26 Å². The van der Waals surface area contributed by atoms with Gasteiger partial charge >= 0.3 is 5.97 Å². The van der Waals surface area contributed by atoms with Crippen molar-refractivity contribution in [3.63, 3.8) is 0 Å². The number of aliphatic hydroxyl groups is 1. The normalized spacial score (nSPS) is 35.4. The number of sulfonamides is 1. The summed E-state index contributed by atoms with van der Waals surface area (Å²) in [6, 6.07) is 7.55. The highest BCUT2D eigenvalue weighted by Gasteiger charge is 2.64. The molecule has 0 radical (unpaired) electrons. The molecule has 26 heavy (non-hydrogen) atoms. The number of rotatable bonds is 3. The number of ether oxygens (including phenoxy) is 1. The van der Waals surface area contributed by atoms with Crippen LogP contribution in [0.2, 0.25) is 0 Å². The smallest absolute Gasteiger partial charge is 0.337 e. The molecule has 2 aliphatic carbocycles. The first kappa shape index (κ1) is 17.2. The first-order chi connectivity index (χ1) is 12.2. The van der Waals surface area contributed by atoms with E-state index in [0.29, 0.717) is 24.8 Å². The van der Waals surface area contributed by atoms with Gasteiger partial charge in [0.05, 0.1) is 22.1 Å². The van der Waals surface area contributed by atoms with Gasteiger partial charge in [-0.2, -0.15) is 5.26 Å². The SMILES string of the molecule is C[C@]1(NS(=O)(=O)c2ccc(C#N)cc2)C=C2C(=O)O[C@@H]3CCC(C1)[C@]23O. The van der Waals surface area contributed by atoms with E-state index in [-0.39, 0.29) is 16.4 Å². The predicted molar refractivity (Wildman–Crippen MR) is 90.1 cm³/mol. The summed E-state index contributed by atoms with van der Waals surface area (Å²) in [7, 11) is -3.87. The number of carbonyl (C=O) groups is 1. The Labute approximate surface area is 151 Å². The lowest BCUT2D eigenvalue weighted by molar-refractivity contribution is -0.140. The van der Waals surface area contributed by atoms with Gasteiger partial charge in [-0.15, -0.1) is 0 Å². The zero-order chi connectivity index (χ0) is 18.7. The molecule has 1 saturated carbocycles. The summed E-state index contributed by atoms with van der Waals surface area (Å²) >= 11 is 0. The van der Waals surface area contributed by atoms with E-state index in [1.54, 1.807) is 6.92 Å². The summed E-state index contributed by atoms with van der Waals surface area (Å²) in [5, 5.41) is 19.8. The van der Waals surface area contributed by atoms with Crippen molar-refractivity contribution in [2.24, 2.45) is 5.92 Å². The van der Waals surface area contributed by atoms with Crippen LogP contribution in [0.4, 0.5) is 0 Å². The molecule has 0 aromatic heterocycles. The van der Waals surface area contributed by atoms with E-state index in [1.165, 1.54) is 30.3 Å². The van der Waals surface area contributed by atoms with Crippen LogP contribution in [0.5, 0.6) is 0 Å². The van der Waals surface area contributed by atoms with E-state index in [9.17, 15) is 18.3 Å². The molecule has 4 rings (SSSR count). The molecule has 4 atom stereocenters. The third-order valence-corrected chi connectivity index (χ3v) is 7.21. The fourth-order valence-electron chi connectivity index (χ4n) is 4.42. The Bertz CT molecular complexity index is 962. The summed E-state index contributed by atoms with van der Waals surface area (Å²) in [6.07, 6.45) is 2.57. The number of hydrogen-bond acceptors (Lipinski definition) is 6. The Kier molecular flexibility index (Phi) is 3.57. The molecule has 2 fully saturated rings. The molecule has 7 nitrogen and oxygen atoms in total. The van der Waals surface area contributed by atoms with Crippen molar-refractivity contribution in [3.05, 3.63) is 41.5 Å². The minimum absolute atomic E-state index is 0.0373. The third-order valence-electron chi connectivity index (χ3n) is 5.59. The van der Waals surface area contributed by atoms with Crippen molar-refractivity contribution in [1.82, 2.24) is 4.72 Å². The minimum Gasteiger partial charge on any atom is -0.455 e. The van der Waals surface area contributed by atoms with Crippen molar-refractivity contribution in [2.45, 2.75) is 48.3 Å². The number of nitrogens with zero attached hydrogens (tertiary/aromatic N) is 1. The number of esters is 1. The van der Waals surface area contributed by atoms with Crippen LogP contribution < -0.4 is 4.72 Å². The van der Waals surface area contributed by atoms with E-state index < -0.39 is 33.2 Å². The maximum Gasteiger partial charge on any atom is 0.337 e. The van der Waals surface area contributed by atoms with Crippen LogP contribution in [0.3, 0.4) is 0 Å². The van der Waals surface area contributed by atoms with Gasteiger partial charge in [0, 0.05) is 5.54 Å². The monoisotopic (exact) mass is 374 g/mol. The maximum atomic E-state index is 12.8. The van der Waals surface area contributed by atoms with Gasteiger partial charge in [0.2, 0.25) is 10.0 Å². The number of nitriles is 1. The zero-order valence-corrected chi connectivity index (χ0v) is 14.9. The van der Waals surface area contributed by atoms with Gasteiger partial charge in [0.25, 0.3) is 0 Å². The molecule has 1 aromatic rings. The molecular weight excluding hydrogens is 356 g/mol. The highest BCUT2D eigenvalue weighted by atomic mass is 32.2. The predicted octanol–water partition coefficient (Wildman–Crippen LogP) is 0.992. The van der Waals surface area contributed by atoms with Crippen molar-refractivity contribution in [2.75, 3.05) is 0 Å². The molecule has 3 aliphatic rings. The Morgan fingerprint density at radius 2 is 2.00 bits per heavy atom. The first-order valence-electron chi connectivity index (χ1n) is 8.39. The Morgan fingerprint density at radius 1 is 1.31 bits per heavy atom. The number of benzene rings is 1. The Morgan fingerprint density at radius 3 is 2.65 bits per heavy atom. The van der Waals surface area contributed by atoms with E-state index in [0.717, 1.165) is 0 Å². The molecule has 1 aliphatic heterocycles. The second-order valence-corrected chi connectivity index (χ2v) is 9.10. The highest BCUT2D eigenvalue weighted by molar-refractivity contribution is 7.89. The topological polar surface area (TPSA) is 116 Å². The molecule has 8 heteroatoms. The zero-order valence-electron chi connectivity index (χ0n) is 14.1. The van der Waals surface area contributed by atoms with Gasteiger partial charge in [-0.05, 0) is 56.4 Å². The van der Waals surface area contributed by atoms with Crippen LogP contribution in [0, 0.1) is 17.2 Å². The summed E-state index contributed by atoms with van der Waals surface area (Å²) in [5.74, 6) is -0.821. The third kappa shape index (κ3) is 2.39. The van der Waals surface area contributed by atoms with Crippen molar-refractivity contribution < 1.29 is 23.1 Å². The van der Waals surface area contributed by atoms with Gasteiger partial charge < -0.3 is 9.84 Å². The molecular formula is C18H18N2O5S. The minimum atomic E-state index is -3.87. The average molecular weight is 374 g/mol. The quantitative estimate of drug-likeness (QED) is 0.762. The summed E-state index contributed by atoms with van der Waals surface area (Å²) in [6.45, 7) is 1.69. The molecule has 1 saturated heterocycles. The van der Waals surface area contributed by atoms with Gasteiger partial charge in [-0.3, -0.25) is 0 Å². The van der Waals surface area contributed by atoms with Crippen LogP contribution in [0.1, 0.15) is 31.7 Å². The molecule has 0 amide bonds. The van der Waals surface area contributed by atoms with Crippen molar-refractivity contribution >= 4 is 16.0 Å². The lowest BCUT2D eigenvalue weighted by Crippen LogP contribution is -2.54. The van der Waals surface area contributed by atoms with Crippen LogP contribution >= 0.6 is 0 Å². The molecule has 1 aromatic carbocycles. The fraction of sp³-hybridized carbons (Fsp3) is 0.444. The second-order valence-electron chi connectivity index (χ2n) is 7.41. The summed E-state index contributed by atoms with van der Waals surface area (Å²) in [5.41, 5.74) is -1.81. The fourth-order valence-corrected chi connectivity index (χ4v) is 5.79. The van der Waals surface area contributed by atoms with E-state index in [2.05, 4.69) is 4.72 Å². The largest absolute Gasteiger partial charge is 0.455 e. The summed E-state index contributed by atoms with van der Waals surface area (Å²) < 4.78 is 33.4. The molecule has 136 valence electrons. The number of hydrogen-bond donors (Lipinski definition) is 2. The van der Waals surface area contributed by atoms with Gasteiger partial charge in [-0.1, -0.05) is 6.08 Å². The first-order valence-corrected chi connectivity index (χ1v) is 9.87. The van der Waals surface area contributed by atoms with Crippen LogP contribution in [-0.2, 0) is 19.6 Å². The standard InChI is InChI=1S/C18H18N2O5S/c1-17(20-26(23,24)13-5-2-11(10-19)3-6-13)8-12-4-7-15-18(12,22)14(9-17)16(21)25-15/h2-3,5-6,9,12,15,20,22H,4,7-8H2,1H3/t12?,15-,17-,18+/m1/s1. The molecule has 0 bridgehead atoms. The van der Waals surface area contributed by atoms with Gasteiger partial charge in [0.1, 0.15) is 11.7 Å². The molecule has 0 spiro atoms. The Balaban J connectivity index is 1.68. The van der Waals surface area contributed by atoms with Crippen LogP contribution in [0.25, 0.3) is 0 Å². The molecule has 1 unspecified atom stereocenters. The average Bonchev–Trinajstić information content (AvgIpc) is 3.02. The van der Waals surface area contributed by atoms with Crippen LogP contribution in [0.15, 0.2) is 40.8 Å². The van der Waals surface area contributed by atoms with Crippen LogP contribution in [-0.4, -0.2) is 36.7 Å². The second kappa shape index (κ2) is 5.39. The number of nitrogens with one attached hydrogen (secondary N) is 1. The molecule has 2 N–H and O–H groups in total. The van der Waals surface area contributed by atoms with Gasteiger partial charge in [-0.25, -0.2) is 17.9 Å².